The van der Waals surface area contributed by atoms with Gasteiger partial charge in [-0.15, -0.1) is 0 Å². The fourth-order valence-electron chi connectivity index (χ4n) is 3.42. The molecule has 0 aliphatic heterocycles. The molecule has 2 rings (SSSR count). The number of hydrogen-bond donors (Lipinski definition) is 0. The summed E-state index contributed by atoms with van der Waals surface area (Å²) in [7, 11) is 0. The van der Waals surface area contributed by atoms with Gasteiger partial charge in [0.15, 0.2) is 0 Å². The molecule has 0 unspecified atom stereocenters. The molecule has 0 atom stereocenters. The van der Waals surface area contributed by atoms with Crippen LogP contribution in [0.5, 0.6) is 0 Å². The Balaban J connectivity index is 1.91. The summed E-state index contributed by atoms with van der Waals surface area (Å²) in [6, 6.07) is 8.26. The fraction of sp³-hybridized carbons (Fsp3) is 0.632. The molecule has 0 aromatic heterocycles. The van der Waals surface area contributed by atoms with Crippen LogP contribution in [-0.4, -0.2) is 5.78 Å². The molecule has 20 heavy (non-hydrogen) atoms. The van der Waals surface area contributed by atoms with E-state index in [4.69, 9.17) is 0 Å². The van der Waals surface area contributed by atoms with Gasteiger partial charge in [0, 0.05) is 12.3 Å². The van der Waals surface area contributed by atoms with E-state index in [0.717, 1.165) is 18.8 Å². The van der Waals surface area contributed by atoms with Crippen LogP contribution in [0.2, 0.25) is 0 Å². The number of rotatable bonds is 3. The molecule has 0 spiro atoms. The van der Waals surface area contributed by atoms with Crippen LogP contribution in [0.4, 0.5) is 0 Å². The summed E-state index contributed by atoms with van der Waals surface area (Å²) in [5, 5.41) is 0. The van der Waals surface area contributed by atoms with Gasteiger partial charge in [-0.3, -0.25) is 4.79 Å². The molecule has 1 fully saturated rings. The fourth-order valence-corrected chi connectivity index (χ4v) is 3.42. The molecule has 1 saturated carbocycles. The van der Waals surface area contributed by atoms with Crippen LogP contribution in [0, 0.1) is 24.2 Å². The first-order chi connectivity index (χ1) is 9.38. The largest absolute Gasteiger partial charge is 0.299 e. The summed E-state index contributed by atoms with van der Waals surface area (Å²) in [5.74, 6) is 1.53. The SMILES string of the molecule is Cc1ccccc1CC(=O)C1CCC(C(C)(C)C)CC1. The minimum atomic E-state index is 0.299. The second-order valence-corrected chi connectivity index (χ2v) is 7.48. The molecule has 0 heterocycles. The predicted molar refractivity (Wildman–Crippen MR) is 84.8 cm³/mol. The van der Waals surface area contributed by atoms with Gasteiger partial charge < -0.3 is 0 Å². The minimum Gasteiger partial charge on any atom is -0.299 e. The number of Topliss-reactive ketones (excluding diaryl/α,β-unsaturated/α-hetero) is 1. The van der Waals surface area contributed by atoms with Crippen molar-refractivity contribution in [2.24, 2.45) is 17.3 Å². The van der Waals surface area contributed by atoms with Crippen molar-refractivity contribution >= 4 is 5.78 Å². The molecule has 0 radical (unpaired) electrons. The molecule has 1 aromatic rings. The van der Waals surface area contributed by atoms with Gasteiger partial charge in [0.2, 0.25) is 0 Å². The van der Waals surface area contributed by atoms with Crippen LogP contribution < -0.4 is 0 Å². The van der Waals surface area contributed by atoms with E-state index in [1.54, 1.807) is 0 Å². The first-order valence-electron chi connectivity index (χ1n) is 7.95. The number of ketones is 1. The molecule has 1 heteroatoms. The van der Waals surface area contributed by atoms with Crippen LogP contribution in [0.25, 0.3) is 0 Å². The number of hydrogen-bond acceptors (Lipinski definition) is 1. The molecule has 1 aliphatic carbocycles. The Morgan fingerprint density at radius 1 is 1.10 bits per heavy atom. The second-order valence-electron chi connectivity index (χ2n) is 7.48. The van der Waals surface area contributed by atoms with Gasteiger partial charge in [-0.1, -0.05) is 45.0 Å². The molecular formula is C19H28O. The maximum Gasteiger partial charge on any atom is 0.140 e. The Morgan fingerprint density at radius 2 is 1.70 bits per heavy atom. The number of aryl methyl sites for hydroxylation is 1. The van der Waals surface area contributed by atoms with E-state index in [0.29, 0.717) is 23.5 Å². The lowest BCUT2D eigenvalue weighted by molar-refractivity contribution is -0.123. The topological polar surface area (TPSA) is 17.1 Å². The predicted octanol–water partition coefficient (Wildman–Crippen LogP) is 4.96. The van der Waals surface area contributed by atoms with E-state index in [9.17, 15) is 4.79 Å². The van der Waals surface area contributed by atoms with Crippen molar-refractivity contribution < 1.29 is 4.79 Å². The van der Waals surface area contributed by atoms with Crippen molar-refractivity contribution in [2.45, 2.75) is 59.8 Å². The van der Waals surface area contributed by atoms with E-state index in [1.165, 1.54) is 24.0 Å². The highest BCUT2D eigenvalue weighted by molar-refractivity contribution is 5.83. The summed E-state index contributed by atoms with van der Waals surface area (Å²) < 4.78 is 0. The highest BCUT2D eigenvalue weighted by Gasteiger charge is 2.32. The molecule has 0 saturated heterocycles. The van der Waals surface area contributed by atoms with Crippen molar-refractivity contribution in [1.82, 2.24) is 0 Å². The van der Waals surface area contributed by atoms with Crippen LogP contribution in [0.3, 0.4) is 0 Å². The highest BCUT2D eigenvalue weighted by Crippen LogP contribution is 2.40. The molecule has 0 amide bonds. The Labute approximate surface area is 123 Å². The average Bonchev–Trinajstić information content (AvgIpc) is 2.40. The zero-order chi connectivity index (χ0) is 14.8. The first-order valence-corrected chi connectivity index (χ1v) is 7.95. The quantitative estimate of drug-likeness (QED) is 0.760. The summed E-state index contributed by atoms with van der Waals surface area (Å²) in [6.45, 7) is 9.08. The van der Waals surface area contributed by atoms with Gasteiger partial charge in [0.1, 0.15) is 5.78 Å². The molecular weight excluding hydrogens is 244 g/mol. The molecule has 1 aliphatic rings. The van der Waals surface area contributed by atoms with Crippen LogP contribution in [0.15, 0.2) is 24.3 Å². The summed E-state index contributed by atoms with van der Waals surface area (Å²) >= 11 is 0. The van der Waals surface area contributed by atoms with Gasteiger partial charge in [-0.05, 0) is 55.1 Å². The van der Waals surface area contributed by atoms with Crippen molar-refractivity contribution in [1.29, 1.82) is 0 Å². The van der Waals surface area contributed by atoms with E-state index in [1.807, 2.05) is 12.1 Å². The zero-order valence-electron chi connectivity index (χ0n) is 13.4. The Morgan fingerprint density at radius 3 is 2.25 bits per heavy atom. The van der Waals surface area contributed by atoms with Gasteiger partial charge in [0.25, 0.3) is 0 Å². The van der Waals surface area contributed by atoms with Crippen molar-refractivity contribution in [3.05, 3.63) is 35.4 Å². The van der Waals surface area contributed by atoms with Gasteiger partial charge in [0.05, 0.1) is 0 Å². The van der Waals surface area contributed by atoms with Crippen molar-refractivity contribution in [3.8, 4) is 0 Å². The lowest BCUT2D eigenvalue weighted by Gasteiger charge is -2.36. The van der Waals surface area contributed by atoms with Crippen molar-refractivity contribution in [3.63, 3.8) is 0 Å². The third-order valence-electron chi connectivity index (χ3n) is 5.03. The maximum absolute atomic E-state index is 12.5. The lowest BCUT2D eigenvalue weighted by Crippen LogP contribution is -2.29. The molecule has 0 bridgehead atoms. The number of carbonyl (C=O) groups is 1. The summed E-state index contributed by atoms with van der Waals surface area (Å²) in [5.41, 5.74) is 2.84. The Bertz CT molecular complexity index is 459. The van der Waals surface area contributed by atoms with E-state index in [-0.39, 0.29) is 0 Å². The molecule has 1 aromatic carbocycles. The van der Waals surface area contributed by atoms with E-state index < -0.39 is 0 Å². The third-order valence-corrected chi connectivity index (χ3v) is 5.03. The number of carbonyl (C=O) groups excluding carboxylic acids is 1. The van der Waals surface area contributed by atoms with Crippen LogP contribution in [0.1, 0.15) is 57.6 Å². The third kappa shape index (κ3) is 3.71. The average molecular weight is 272 g/mol. The maximum atomic E-state index is 12.5. The second kappa shape index (κ2) is 6.11. The van der Waals surface area contributed by atoms with Gasteiger partial charge in [-0.2, -0.15) is 0 Å². The standard InChI is InChI=1S/C19H28O/c1-14-7-5-6-8-16(14)13-18(20)15-9-11-17(12-10-15)19(2,3)4/h5-8,15,17H,9-13H2,1-4H3. The molecule has 0 N–H and O–H groups in total. The highest BCUT2D eigenvalue weighted by atomic mass is 16.1. The normalized spacial score (nSPS) is 23.6. The molecule has 1 nitrogen and oxygen atoms in total. The van der Waals surface area contributed by atoms with E-state index in [2.05, 4.69) is 39.8 Å². The van der Waals surface area contributed by atoms with Crippen molar-refractivity contribution in [2.75, 3.05) is 0 Å². The Hall–Kier alpha value is -1.11. The smallest absolute Gasteiger partial charge is 0.140 e. The molecule has 110 valence electrons. The monoisotopic (exact) mass is 272 g/mol. The van der Waals surface area contributed by atoms with Crippen LogP contribution >= 0.6 is 0 Å². The Kier molecular flexibility index (Phi) is 4.67. The zero-order valence-corrected chi connectivity index (χ0v) is 13.4. The van der Waals surface area contributed by atoms with Gasteiger partial charge >= 0.3 is 0 Å². The first kappa shape index (κ1) is 15.3. The van der Waals surface area contributed by atoms with Gasteiger partial charge in [-0.25, -0.2) is 0 Å². The lowest BCUT2D eigenvalue weighted by atomic mass is 9.69. The minimum absolute atomic E-state index is 0.299. The van der Waals surface area contributed by atoms with Crippen LogP contribution in [-0.2, 0) is 11.2 Å². The summed E-state index contributed by atoms with van der Waals surface area (Å²) in [4.78, 5) is 12.5. The number of benzene rings is 1. The van der Waals surface area contributed by atoms with E-state index >= 15 is 0 Å². The summed E-state index contributed by atoms with van der Waals surface area (Å²) in [6.07, 6.45) is 5.23.